The molecule has 6 nitrogen and oxygen atoms in total. The summed E-state index contributed by atoms with van der Waals surface area (Å²) in [5.74, 6) is 0.794. The van der Waals surface area contributed by atoms with Crippen LogP contribution in [0.1, 0.15) is 0 Å². The number of rotatable bonds is 5. The van der Waals surface area contributed by atoms with Crippen molar-refractivity contribution in [3.63, 3.8) is 0 Å². The number of nitrogens with two attached hydrogens (primary N) is 1. The third-order valence-electron chi connectivity index (χ3n) is 2.46. The van der Waals surface area contributed by atoms with Gasteiger partial charge in [-0.15, -0.1) is 0 Å². The van der Waals surface area contributed by atoms with Crippen LogP contribution in [0.25, 0.3) is 11.0 Å². The highest BCUT2D eigenvalue weighted by atomic mass is 16.5. The summed E-state index contributed by atoms with van der Waals surface area (Å²) in [4.78, 5) is 8.60. The van der Waals surface area contributed by atoms with Gasteiger partial charge in [0.05, 0.1) is 23.7 Å². The van der Waals surface area contributed by atoms with Crippen LogP contribution in [-0.2, 0) is 4.74 Å². The van der Waals surface area contributed by atoms with Crippen LogP contribution in [0.15, 0.2) is 24.3 Å². The van der Waals surface area contributed by atoms with Gasteiger partial charge in [0.2, 0.25) is 0 Å². The second kappa shape index (κ2) is 5.61. The molecule has 2 aromatic rings. The van der Waals surface area contributed by atoms with E-state index in [2.05, 4.69) is 15.3 Å². The Bertz CT molecular complexity index is 532. The minimum atomic E-state index is -0.609. The monoisotopic (exact) mass is 248 g/mol. The molecule has 0 radical (unpaired) electrons. The lowest BCUT2D eigenvalue weighted by atomic mass is 10.3. The first-order valence-corrected chi connectivity index (χ1v) is 5.64. The van der Waals surface area contributed by atoms with Gasteiger partial charge in [0.25, 0.3) is 0 Å². The largest absolute Gasteiger partial charge is 0.389 e. The average molecular weight is 248 g/mol. The Balaban J connectivity index is 2.15. The van der Waals surface area contributed by atoms with E-state index in [0.29, 0.717) is 18.2 Å². The zero-order valence-corrected chi connectivity index (χ0v) is 10.1. The molecule has 1 aromatic carbocycles. The van der Waals surface area contributed by atoms with Gasteiger partial charge in [-0.2, -0.15) is 0 Å². The van der Waals surface area contributed by atoms with Crippen molar-refractivity contribution in [1.29, 1.82) is 0 Å². The minimum absolute atomic E-state index is 0.258. The molecule has 6 heteroatoms. The summed E-state index contributed by atoms with van der Waals surface area (Å²) in [5, 5.41) is 12.5. The fourth-order valence-electron chi connectivity index (χ4n) is 1.61. The zero-order chi connectivity index (χ0) is 13.0. The number of aliphatic hydroxyl groups excluding tert-OH is 1. The molecule has 0 amide bonds. The Morgan fingerprint density at radius 3 is 2.67 bits per heavy atom. The molecule has 96 valence electrons. The van der Waals surface area contributed by atoms with Crippen LogP contribution in [0.3, 0.4) is 0 Å². The van der Waals surface area contributed by atoms with Crippen LogP contribution in [0, 0.1) is 0 Å². The van der Waals surface area contributed by atoms with Crippen molar-refractivity contribution in [1.82, 2.24) is 9.97 Å². The van der Waals surface area contributed by atoms with Gasteiger partial charge in [-0.05, 0) is 12.1 Å². The lowest BCUT2D eigenvalue weighted by Gasteiger charge is -2.12. The van der Waals surface area contributed by atoms with E-state index in [1.165, 1.54) is 7.11 Å². The molecule has 0 spiro atoms. The van der Waals surface area contributed by atoms with E-state index in [9.17, 15) is 5.11 Å². The molecule has 1 unspecified atom stereocenters. The van der Waals surface area contributed by atoms with Crippen molar-refractivity contribution in [3.05, 3.63) is 24.3 Å². The van der Waals surface area contributed by atoms with E-state index in [1.54, 1.807) is 0 Å². The molecule has 0 saturated carbocycles. The van der Waals surface area contributed by atoms with Crippen molar-refractivity contribution in [2.24, 2.45) is 0 Å². The number of benzene rings is 1. The number of aliphatic hydroxyl groups is 1. The Morgan fingerprint density at radius 2 is 2.00 bits per heavy atom. The summed E-state index contributed by atoms with van der Waals surface area (Å²) in [6.07, 6.45) is -0.609. The second-order valence-electron chi connectivity index (χ2n) is 3.94. The number of hydrogen-bond donors (Lipinski definition) is 3. The number of fused-ring (bicyclic) bond motifs is 1. The molecule has 0 aliphatic carbocycles. The number of para-hydroxylation sites is 2. The first-order valence-electron chi connectivity index (χ1n) is 5.64. The highest BCUT2D eigenvalue weighted by Crippen LogP contribution is 2.18. The Morgan fingerprint density at radius 1 is 1.33 bits per heavy atom. The summed E-state index contributed by atoms with van der Waals surface area (Å²) in [6, 6.07) is 7.48. The molecule has 2 rings (SSSR count). The van der Waals surface area contributed by atoms with Crippen LogP contribution >= 0.6 is 0 Å². The quantitative estimate of drug-likeness (QED) is 0.718. The van der Waals surface area contributed by atoms with Gasteiger partial charge in [-0.1, -0.05) is 12.1 Å². The minimum Gasteiger partial charge on any atom is -0.389 e. The van der Waals surface area contributed by atoms with E-state index >= 15 is 0 Å². The molecule has 4 N–H and O–H groups in total. The summed E-state index contributed by atoms with van der Waals surface area (Å²) < 4.78 is 4.84. The molecule has 0 bridgehead atoms. The maximum absolute atomic E-state index is 9.54. The van der Waals surface area contributed by atoms with Crippen LogP contribution in [0.4, 0.5) is 11.6 Å². The summed E-state index contributed by atoms with van der Waals surface area (Å²) >= 11 is 0. The molecule has 0 aliphatic rings. The van der Waals surface area contributed by atoms with E-state index in [0.717, 1.165) is 11.0 Å². The molecule has 1 atom stereocenters. The molecule has 0 saturated heterocycles. The van der Waals surface area contributed by atoms with Crippen LogP contribution < -0.4 is 11.1 Å². The third kappa shape index (κ3) is 2.85. The van der Waals surface area contributed by atoms with E-state index in [-0.39, 0.29) is 6.61 Å². The Kier molecular flexibility index (Phi) is 3.91. The SMILES string of the molecule is COCC(O)CNc1nc2ccccc2nc1N. The second-order valence-corrected chi connectivity index (χ2v) is 3.94. The molecule has 18 heavy (non-hydrogen) atoms. The molecular weight excluding hydrogens is 232 g/mol. The van der Waals surface area contributed by atoms with Gasteiger partial charge in [0, 0.05) is 13.7 Å². The lowest BCUT2D eigenvalue weighted by molar-refractivity contribution is 0.0727. The maximum Gasteiger partial charge on any atom is 0.169 e. The van der Waals surface area contributed by atoms with Gasteiger partial charge in [-0.25, -0.2) is 9.97 Å². The number of nitrogens with zero attached hydrogens (tertiary/aromatic N) is 2. The average Bonchev–Trinajstić information content (AvgIpc) is 2.36. The Hall–Kier alpha value is -1.92. The van der Waals surface area contributed by atoms with E-state index in [4.69, 9.17) is 10.5 Å². The first kappa shape index (κ1) is 12.5. The number of nitrogen functional groups attached to an aromatic ring is 1. The topological polar surface area (TPSA) is 93.3 Å². The summed E-state index contributed by atoms with van der Waals surface area (Å²) in [5.41, 5.74) is 7.31. The van der Waals surface area contributed by atoms with Crippen LogP contribution in [0.2, 0.25) is 0 Å². The highest BCUT2D eigenvalue weighted by Gasteiger charge is 2.08. The highest BCUT2D eigenvalue weighted by molar-refractivity contribution is 5.79. The number of ether oxygens (including phenoxy) is 1. The van der Waals surface area contributed by atoms with Gasteiger partial charge < -0.3 is 20.9 Å². The predicted molar refractivity (Wildman–Crippen MR) is 70.3 cm³/mol. The molecule has 0 aliphatic heterocycles. The number of methoxy groups -OCH3 is 1. The van der Waals surface area contributed by atoms with Crippen molar-refractivity contribution >= 4 is 22.7 Å². The van der Waals surface area contributed by atoms with Crippen molar-refractivity contribution < 1.29 is 9.84 Å². The normalized spacial score (nSPS) is 12.6. The molecular formula is C12H16N4O2. The molecule has 0 fully saturated rings. The van der Waals surface area contributed by atoms with Crippen molar-refractivity contribution in [2.45, 2.75) is 6.10 Å². The Labute approximate surface area is 105 Å². The number of hydrogen-bond acceptors (Lipinski definition) is 6. The lowest BCUT2D eigenvalue weighted by Crippen LogP contribution is -2.25. The number of aromatic nitrogens is 2. The van der Waals surface area contributed by atoms with Gasteiger partial charge >= 0.3 is 0 Å². The van der Waals surface area contributed by atoms with Gasteiger partial charge in [0.1, 0.15) is 0 Å². The maximum atomic E-state index is 9.54. The number of nitrogens with one attached hydrogen (secondary N) is 1. The van der Waals surface area contributed by atoms with Crippen molar-refractivity contribution in [2.75, 3.05) is 31.3 Å². The molecule has 1 heterocycles. The first-order chi connectivity index (χ1) is 8.70. The van der Waals surface area contributed by atoms with E-state index < -0.39 is 6.10 Å². The fourth-order valence-corrected chi connectivity index (χ4v) is 1.61. The van der Waals surface area contributed by atoms with E-state index in [1.807, 2.05) is 24.3 Å². The smallest absolute Gasteiger partial charge is 0.169 e. The molecule has 1 aromatic heterocycles. The van der Waals surface area contributed by atoms with Gasteiger partial charge in [-0.3, -0.25) is 0 Å². The van der Waals surface area contributed by atoms with Crippen LogP contribution in [0.5, 0.6) is 0 Å². The summed E-state index contributed by atoms with van der Waals surface area (Å²) in [6.45, 7) is 0.568. The summed E-state index contributed by atoms with van der Waals surface area (Å²) in [7, 11) is 1.54. The zero-order valence-electron chi connectivity index (χ0n) is 10.1. The standard InChI is InChI=1S/C12H16N4O2/c1-18-7-8(17)6-14-12-11(13)15-9-4-2-3-5-10(9)16-12/h2-5,8,17H,6-7H2,1H3,(H2,13,15)(H,14,16). The van der Waals surface area contributed by atoms with Crippen LogP contribution in [-0.4, -0.2) is 41.4 Å². The third-order valence-corrected chi connectivity index (χ3v) is 2.46. The fraction of sp³-hybridized carbons (Fsp3) is 0.333. The number of anilines is 2. The predicted octanol–water partition coefficient (Wildman–Crippen LogP) is 0.631. The van der Waals surface area contributed by atoms with Gasteiger partial charge in [0.15, 0.2) is 11.6 Å². The van der Waals surface area contributed by atoms with Crippen molar-refractivity contribution in [3.8, 4) is 0 Å².